The van der Waals surface area contributed by atoms with E-state index in [2.05, 4.69) is 4.98 Å². The molecule has 1 aliphatic heterocycles. The maximum Gasteiger partial charge on any atom is 0.219 e. The molecule has 0 saturated carbocycles. The van der Waals surface area contributed by atoms with Gasteiger partial charge in [-0.05, 0) is 18.9 Å². The van der Waals surface area contributed by atoms with Gasteiger partial charge in [0.2, 0.25) is 11.8 Å². The van der Waals surface area contributed by atoms with Gasteiger partial charge in [0.25, 0.3) is 0 Å². The first-order valence-corrected chi connectivity index (χ1v) is 5.50. The number of ether oxygens (including phenoxy) is 1. The molecule has 0 N–H and O–H groups in total. The number of carbonyl (C=O) groups excluding carboxylic acids is 1. The van der Waals surface area contributed by atoms with E-state index in [0.29, 0.717) is 5.88 Å². The van der Waals surface area contributed by atoms with E-state index in [-0.39, 0.29) is 11.9 Å². The molecule has 1 atom stereocenters. The number of pyridine rings is 1. The van der Waals surface area contributed by atoms with Crippen LogP contribution < -0.4 is 4.74 Å². The van der Waals surface area contributed by atoms with Crippen molar-refractivity contribution < 1.29 is 9.53 Å². The highest BCUT2D eigenvalue weighted by molar-refractivity contribution is 5.74. The summed E-state index contributed by atoms with van der Waals surface area (Å²) in [5.41, 5.74) is 1.01. The summed E-state index contributed by atoms with van der Waals surface area (Å²) in [6.07, 6.45) is 3.74. The minimum absolute atomic E-state index is 0.119. The van der Waals surface area contributed by atoms with Crippen LogP contribution in [0.2, 0.25) is 0 Å². The van der Waals surface area contributed by atoms with Crippen LogP contribution in [-0.4, -0.2) is 29.4 Å². The van der Waals surface area contributed by atoms with Gasteiger partial charge in [-0.15, -0.1) is 0 Å². The molecule has 1 amide bonds. The molecule has 86 valence electrons. The zero-order chi connectivity index (χ0) is 11.5. The summed E-state index contributed by atoms with van der Waals surface area (Å²) in [6, 6.07) is 3.99. The van der Waals surface area contributed by atoms with E-state index in [0.717, 1.165) is 24.9 Å². The van der Waals surface area contributed by atoms with Gasteiger partial charge in [-0.1, -0.05) is 6.07 Å². The molecule has 16 heavy (non-hydrogen) atoms. The smallest absolute Gasteiger partial charge is 0.219 e. The molecule has 0 radical (unpaired) electrons. The highest BCUT2D eigenvalue weighted by Gasteiger charge is 2.30. The van der Waals surface area contributed by atoms with E-state index < -0.39 is 0 Å². The largest absolute Gasteiger partial charge is 0.481 e. The second-order valence-electron chi connectivity index (χ2n) is 3.97. The molecule has 0 unspecified atom stereocenters. The lowest BCUT2D eigenvalue weighted by atomic mass is 10.1. The van der Waals surface area contributed by atoms with Gasteiger partial charge in [0.15, 0.2) is 0 Å². The van der Waals surface area contributed by atoms with Crippen LogP contribution in [0.25, 0.3) is 0 Å². The predicted molar refractivity (Wildman–Crippen MR) is 60.2 cm³/mol. The first kappa shape index (κ1) is 10.9. The van der Waals surface area contributed by atoms with Crippen molar-refractivity contribution in [3.05, 3.63) is 23.9 Å². The standard InChI is InChI=1S/C12H16N2O2/c1-9(15)14-8-4-6-11(14)10-5-3-7-13-12(10)16-2/h3,5,7,11H,4,6,8H2,1-2H3/t11-/m1/s1. The molecule has 0 aliphatic carbocycles. The Balaban J connectivity index is 2.32. The molecule has 0 bridgehead atoms. The summed E-state index contributed by atoms with van der Waals surface area (Å²) in [5, 5.41) is 0. The Morgan fingerprint density at radius 2 is 2.44 bits per heavy atom. The van der Waals surface area contributed by atoms with Crippen LogP contribution in [0.1, 0.15) is 31.4 Å². The fraction of sp³-hybridized carbons (Fsp3) is 0.500. The number of amides is 1. The molecule has 0 spiro atoms. The highest BCUT2D eigenvalue weighted by atomic mass is 16.5. The molecule has 1 fully saturated rings. The number of likely N-dealkylation sites (tertiary alicyclic amines) is 1. The van der Waals surface area contributed by atoms with Crippen molar-refractivity contribution in [3.63, 3.8) is 0 Å². The molecule has 1 aliphatic rings. The van der Waals surface area contributed by atoms with E-state index in [4.69, 9.17) is 4.74 Å². The average Bonchev–Trinajstić information content (AvgIpc) is 2.77. The van der Waals surface area contributed by atoms with Gasteiger partial charge in [0.05, 0.1) is 13.2 Å². The zero-order valence-corrected chi connectivity index (χ0v) is 9.64. The Labute approximate surface area is 95.2 Å². The fourth-order valence-corrected chi connectivity index (χ4v) is 2.29. The molecule has 4 heteroatoms. The predicted octanol–water partition coefficient (Wildman–Crippen LogP) is 1.77. The molecule has 0 aromatic carbocycles. The molecule has 1 saturated heterocycles. The molecule has 1 aromatic rings. The number of hydrogen-bond donors (Lipinski definition) is 0. The summed E-state index contributed by atoms with van der Waals surface area (Å²) in [4.78, 5) is 17.6. The number of hydrogen-bond acceptors (Lipinski definition) is 3. The van der Waals surface area contributed by atoms with Crippen LogP contribution in [0, 0.1) is 0 Å². The minimum Gasteiger partial charge on any atom is -0.481 e. The van der Waals surface area contributed by atoms with E-state index >= 15 is 0 Å². The second-order valence-corrected chi connectivity index (χ2v) is 3.97. The lowest BCUT2D eigenvalue weighted by Crippen LogP contribution is -2.28. The molecular formula is C12H16N2O2. The topological polar surface area (TPSA) is 42.4 Å². The zero-order valence-electron chi connectivity index (χ0n) is 9.64. The SMILES string of the molecule is COc1ncccc1[C@H]1CCCN1C(C)=O. The molecular weight excluding hydrogens is 204 g/mol. The lowest BCUT2D eigenvalue weighted by Gasteiger charge is -2.24. The summed E-state index contributed by atoms with van der Waals surface area (Å²) >= 11 is 0. The van der Waals surface area contributed by atoms with Crippen LogP contribution in [0.4, 0.5) is 0 Å². The van der Waals surface area contributed by atoms with E-state index in [1.54, 1.807) is 20.2 Å². The summed E-state index contributed by atoms with van der Waals surface area (Å²) < 4.78 is 5.24. The highest BCUT2D eigenvalue weighted by Crippen LogP contribution is 2.35. The third-order valence-electron chi connectivity index (χ3n) is 3.01. The van der Waals surface area contributed by atoms with Crippen molar-refractivity contribution >= 4 is 5.91 Å². The van der Waals surface area contributed by atoms with Crippen molar-refractivity contribution in [1.82, 2.24) is 9.88 Å². The number of carbonyl (C=O) groups is 1. The molecule has 2 heterocycles. The maximum absolute atomic E-state index is 11.5. The number of rotatable bonds is 2. The van der Waals surface area contributed by atoms with Gasteiger partial charge < -0.3 is 9.64 Å². The fourth-order valence-electron chi connectivity index (χ4n) is 2.29. The number of aromatic nitrogens is 1. The number of nitrogens with zero attached hydrogens (tertiary/aromatic N) is 2. The monoisotopic (exact) mass is 220 g/mol. The third-order valence-corrected chi connectivity index (χ3v) is 3.01. The van der Waals surface area contributed by atoms with E-state index in [1.807, 2.05) is 17.0 Å². The lowest BCUT2D eigenvalue weighted by molar-refractivity contribution is -0.129. The van der Waals surface area contributed by atoms with Crippen LogP contribution in [0.3, 0.4) is 0 Å². The van der Waals surface area contributed by atoms with Crippen LogP contribution in [-0.2, 0) is 4.79 Å². The third kappa shape index (κ3) is 1.87. The average molecular weight is 220 g/mol. The van der Waals surface area contributed by atoms with Gasteiger partial charge in [0.1, 0.15) is 0 Å². The van der Waals surface area contributed by atoms with Gasteiger partial charge in [-0.2, -0.15) is 0 Å². The van der Waals surface area contributed by atoms with Gasteiger partial charge in [0, 0.05) is 25.2 Å². The Hall–Kier alpha value is -1.58. The van der Waals surface area contributed by atoms with E-state index in [9.17, 15) is 4.79 Å². The van der Waals surface area contributed by atoms with Gasteiger partial charge in [-0.3, -0.25) is 4.79 Å². The van der Waals surface area contributed by atoms with Crippen molar-refractivity contribution in [3.8, 4) is 5.88 Å². The molecule has 2 rings (SSSR count). The summed E-state index contributed by atoms with van der Waals surface area (Å²) in [6.45, 7) is 2.44. The van der Waals surface area contributed by atoms with Gasteiger partial charge in [-0.25, -0.2) is 4.98 Å². The minimum atomic E-state index is 0.119. The Bertz CT molecular complexity index is 392. The maximum atomic E-state index is 11.5. The first-order chi connectivity index (χ1) is 7.74. The van der Waals surface area contributed by atoms with Crippen molar-refractivity contribution in [2.75, 3.05) is 13.7 Å². The quantitative estimate of drug-likeness (QED) is 0.763. The molecule has 4 nitrogen and oxygen atoms in total. The Kier molecular flexibility index (Phi) is 3.08. The van der Waals surface area contributed by atoms with Crippen molar-refractivity contribution in [2.45, 2.75) is 25.8 Å². The summed E-state index contributed by atoms with van der Waals surface area (Å²) in [5.74, 6) is 0.744. The van der Waals surface area contributed by atoms with Crippen LogP contribution in [0.5, 0.6) is 5.88 Å². The second kappa shape index (κ2) is 4.51. The van der Waals surface area contributed by atoms with Crippen LogP contribution >= 0.6 is 0 Å². The normalized spacial score (nSPS) is 19.9. The Morgan fingerprint density at radius 1 is 1.62 bits per heavy atom. The number of methoxy groups -OCH3 is 1. The van der Waals surface area contributed by atoms with Crippen LogP contribution in [0.15, 0.2) is 18.3 Å². The first-order valence-electron chi connectivity index (χ1n) is 5.50. The van der Waals surface area contributed by atoms with Crippen molar-refractivity contribution in [2.24, 2.45) is 0 Å². The van der Waals surface area contributed by atoms with E-state index in [1.165, 1.54) is 0 Å². The summed E-state index contributed by atoms with van der Waals surface area (Å²) in [7, 11) is 1.61. The molecule has 1 aromatic heterocycles. The Morgan fingerprint density at radius 3 is 3.12 bits per heavy atom. The van der Waals surface area contributed by atoms with Gasteiger partial charge >= 0.3 is 0 Å². The van der Waals surface area contributed by atoms with Crippen molar-refractivity contribution in [1.29, 1.82) is 0 Å².